The van der Waals surface area contributed by atoms with E-state index < -0.39 is 30.0 Å². The van der Waals surface area contributed by atoms with Gasteiger partial charge in [-0.1, -0.05) is 103 Å². The standard InChI is InChI=1S/C28H29N3O4/c29-26(32)24(18-10-17-21-11-4-1-5-12-21)30-27(33)25(19-22-13-6-2-7-14-22)31-28(34)35-20-23-15-8-3-9-16-23/h1-17,24-25H,18-20H2,(H2,29,32)(H,30,33)(H,31,34)/b17-10+/t24-,25-/m0/s1. The zero-order valence-electron chi connectivity index (χ0n) is 19.3. The molecule has 7 nitrogen and oxygen atoms in total. The van der Waals surface area contributed by atoms with Gasteiger partial charge in [-0.3, -0.25) is 9.59 Å². The van der Waals surface area contributed by atoms with Gasteiger partial charge in [0.2, 0.25) is 11.8 Å². The van der Waals surface area contributed by atoms with Crippen LogP contribution in [0.2, 0.25) is 0 Å². The summed E-state index contributed by atoms with van der Waals surface area (Å²) in [7, 11) is 0. The summed E-state index contributed by atoms with van der Waals surface area (Å²) in [6.45, 7) is 0.0700. The van der Waals surface area contributed by atoms with Crippen LogP contribution >= 0.6 is 0 Å². The summed E-state index contributed by atoms with van der Waals surface area (Å²) in [4.78, 5) is 37.5. The Hall–Kier alpha value is -4.39. The fourth-order valence-electron chi connectivity index (χ4n) is 3.39. The van der Waals surface area contributed by atoms with Crippen molar-refractivity contribution in [1.29, 1.82) is 0 Å². The third kappa shape index (κ3) is 8.81. The number of ether oxygens (including phenoxy) is 1. The van der Waals surface area contributed by atoms with Crippen molar-refractivity contribution in [3.8, 4) is 0 Å². The number of carbonyl (C=O) groups excluding carboxylic acids is 3. The van der Waals surface area contributed by atoms with E-state index in [1.54, 1.807) is 6.08 Å². The van der Waals surface area contributed by atoms with Crippen molar-refractivity contribution >= 4 is 24.0 Å². The second-order valence-electron chi connectivity index (χ2n) is 7.96. The molecule has 0 aliphatic rings. The SMILES string of the molecule is NC(=O)[C@H](C/C=C/c1ccccc1)NC(=O)[C@H](Cc1ccccc1)NC(=O)OCc1ccccc1. The molecule has 4 N–H and O–H groups in total. The Bertz CT molecular complexity index is 1120. The maximum Gasteiger partial charge on any atom is 0.408 e. The number of primary amides is 1. The molecule has 0 aromatic heterocycles. The van der Waals surface area contributed by atoms with E-state index in [9.17, 15) is 14.4 Å². The van der Waals surface area contributed by atoms with E-state index in [1.165, 1.54) is 0 Å². The van der Waals surface area contributed by atoms with E-state index in [-0.39, 0.29) is 19.4 Å². The molecule has 0 bridgehead atoms. The lowest BCUT2D eigenvalue weighted by Crippen LogP contribution is -2.53. The Morgan fingerprint density at radius 1 is 0.771 bits per heavy atom. The Morgan fingerprint density at radius 2 is 1.34 bits per heavy atom. The second kappa shape index (κ2) is 13.3. The van der Waals surface area contributed by atoms with Crippen molar-refractivity contribution < 1.29 is 19.1 Å². The van der Waals surface area contributed by atoms with Gasteiger partial charge < -0.3 is 21.1 Å². The van der Waals surface area contributed by atoms with Crippen molar-refractivity contribution in [3.05, 3.63) is 114 Å². The molecule has 0 unspecified atom stereocenters. The molecule has 0 saturated heterocycles. The molecule has 3 aromatic carbocycles. The first-order chi connectivity index (χ1) is 17.0. The van der Waals surface area contributed by atoms with E-state index in [1.807, 2.05) is 97.1 Å². The predicted molar refractivity (Wildman–Crippen MR) is 135 cm³/mol. The highest BCUT2D eigenvalue weighted by atomic mass is 16.5. The highest BCUT2D eigenvalue weighted by Gasteiger charge is 2.26. The fraction of sp³-hybridized carbons (Fsp3) is 0.179. The summed E-state index contributed by atoms with van der Waals surface area (Å²) >= 11 is 0. The molecule has 180 valence electrons. The molecule has 0 saturated carbocycles. The van der Waals surface area contributed by atoms with Crippen LogP contribution in [0.5, 0.6) is 0 Å². The lowest BCUT2D eigenvalue weighted by Gasteiger charge is -2.21. The summed E-state index contributed by atoms with van der Waals surface area (Å²) in [6.07, 6.45) is 3.33. The average Bonchev–Trinajstić information content (AvgIpc) is 2.88. The van der Waals surface area contributed by atoms with Crippen molar-refractivity contribution in [3.63, 3.8) is 0 Å². The monoisotopic (exact) mass is 471 g/mol. The van der Waals surface area contributed by atoms with Crippen LogP contribution in [0.4, 0.5) is 4.79 Å². The normalized spacial score (nSPS) is 12.5. The van der Waals surface area contributed by atoms with E-state index in [2.05, 4.69) is 10.6 Å². The van der Waals surface area contributed by atoms with Crippen LogP contribution in [0.25, 0.3) is 6.08 Å². The number of nitrogens with two attached hydrogens (primary N) is 1. The van der Waals surface area contributed by atoms with E-state index in [0.717, 1.165) is 16.7 Å². The van der Waals surface area contributed by atoms with E-state index in [0.29, 0.717) is 0 Å². The number of benzene rings is 3. The molecular formula is C28H29N3O4. The fourth-order valence-corrected chi connectivity index (χ4v) is 3.39. The van der Waals surface area contributed by atoms with Gasteiger partial charge in [0.05, 0.1) is 0 Å². The molecule has 2 atom stereocenters. The van der Waals surface area contributed by atoms with Crippen molar-refractivity contribution in [1.82, 2.24) is 10.6 Å². The smallest absolute Gasteiger partial charge is 0.408 e. The maximum absolute atomic E-state index is 13.1. The summed E-state index contributed by atoms with van der Waals surface area (Å²) in [6, 6.07) is 26.2. The topological polar surface area (TPSA) is 111 Å². The van der Waals surface area contributed by atoms with Crippen LogP contribution < -0.4 is 16.4 Å². The molecule has 3 rings (SSSR count). The molecule has 3 aromatic rings. The highest BCUT2D eigenvalue weighted by molar-refractivity contribution is 5.91. The Kier molecular flexibility index (Phi) is 9.63. The zero-order valence-corrected chi connectivity index (χ0v) is 19.3. The molecule has 0 radical (unpaired) electrons. The minimum absolute atomic E-state index is 0.0700. The molecule has 0 aliphatic heterocycles. The second-order valence-corrected chi connectivity index (χ2v) is 7.96. The third-order valence-electron chi connectivity index (χ3n) is 5.25. The molecule has 0 aliphatic carbocycles. The summed E-state index contributed by atoms with van der Waals surface area (Å²) in [5, 5.41) is 5.29. The van der Waals surface area contributed by atoms with Gasteiger partial charge >= 0.3 is 6.09 Å². The molecule has 0 fully saturated rings. The number of amides is 3. The number of carbonyl (C=O) groups is 3. The molecule has 0 heterocycles. The Labute approximate surface area is 205 Å². The number of rotatable bonds is 11. The van der Waals surface area contributed by atoms with E-state index in [4.69, 9.17) is 10.5 Å². The van der Waals surface area contributed by atoms with Crippen molar-refractivity contribution in [2.24, 2.45) is 5.73 Å². The summed E-state index contributed by atoms with van der Waals surface area (Å²) in [5.41, 5.74) is 8.16. The summed E-state index contributed by atoms with van der Waals surface area (Å²) in [5.74, 6) is -1.19. The van der Waals surface area contributed by atoms with Gasteiger partial charge in [0.25, 0.3) is 0 Å². The minimum atomic E-state index is -0.958. The number of hydrogen-bond acceptors (Lipinski definition) is 4. The van der Waals surface area contributed by atoms with Gasteiger partial charge in [0, 0.05) is 6.42 Å². The van der Waals surface area contributed by atoms with Crippen LogP contribution in [0.15, 0.2) is 97.1 Å². The van der Waals surface area contributed by atoms with Gasteiger partial charge in [-0.15, -0.1) is 0 Å². The Balaban J connectivity index is 1.64. The van der Waals surface area contributed by atoms with Gasteiger partial charge in [-0.2, -0.15) is 0 Å². The average molecular weight is 472 g/mol. The molecular weight excluding hydrogens is 442 g/mol. The lowest BCUT2D eigenvalue weighted by atomic mass is 10.0. The highest BCUT2D eigenvalue weighted by Crippen LogP contribution is 2.07. The largest absolute Gasteiger partial charge is 0.445 e. The first-order valence-corrected chi connectivity index (χ1v) is 11.3. The molecule has 3 amide bonds. The van der Waals surface area contributed by atoms with Crippen LogP contribution in [0.3, 0.4) is 0 Å². The van der Waals surface area contributed by atoms with Gasteiger partial charge in [0.1, 0.15) is 18.7 Å². The van der Waals surface area contributed by atoms with Crippen molar-refractivity contribution in [2.75, 3.05) is 0 Å². The first kappa shape index (κ1) is 25.2. The number of nitrogens with one attached hydrogen (secondary N) is 2. The third-order valence-corrected chi connectivity index (χ3v) is 5.25. The van der Waals surface area contributed by atoms with Crippen molar-refractivity contribution in [2.45, 2.75) is 31.5 Å². The lowest BCUT2D eigenvalue weighted by molar-refractivity contribution is -0.128. The zero-order chi connectivity index (χ0) is 24.9. The minimum Gasteiger partial charge on any atom is -0.445 e. The molecule has 0 spiro atoms. The molecule has 35 heavy (non-hydrogen) atoms. The maximum atomic E-state index is 13.1. The van der Waals surface area contributed by atoms with Crippen LogP contribution in [-0.2, 0) is 27.4 Å². The number of hydrogen-bond donors (Lipinski definition) is 3. The van der Waals surface area contributed by atoms with Crippen LogP contribution in [0.1, 0.15) is 23.1 Å². The van der Waals surface area contributed by atoms with E-state index >= 15 is 0 Å². The number of alkyl carbamates (subject to hydrolysis) is 1. The first-order valence-electron chi connectivity index (χ1n) is 11.3. The van der Waals surface area contributed by atoms with Gasteiger partial charge in [-0.25, -0.2) is 4.79 Å². The Morgan fingerprint density at radius 3 is 1.94 bits per heavy atom. The van der Waals surface area contributed by atoms with Gasteiger partial charge in [0.15, 0.2) is 0 Å². The quantitative estimate of drug-likeness (QED) is 0.397. The molecule has 7 heteroatoms. The summed E-state index contributed by atoms with van der Waals surface area (Å²) < 4.78 is 5.28. The predicted octanol–water partition coefficient (Wildman–Crippen LogP) is 3.60. The van der Waals surface area contributed by atoms with Crippen LogP contribution in [-0.4, -0.2) is 30.0 Å². The van der Waals surface area contributed by atoms with Crippen LogP contribution in [0, 0.1) is 0 Å². The van der Waals surface area contributed by atoms with Gasteiger partial charge in [-0.05, 0) is 23.1 Å².